The maximum atomic E-state index is 5.07. The van der Waals surface area contributed by atoms with Gasteiger partial charge in [0.15, 0.2) is 0 Å². The number of fused-ring (bicyclic) bond motifs is 2. The summed E-state index contributed by atoms with van der Waals surface area (Å²) in [6, 6.07) is 25.9. The van der Waals surface area contributed by atoms with Gasteiger partial charge in [-0.1, -0.05) is 59.8 Å². The molecule has 0 spiro atoms. The van der Waals surface area contributed by atoms with Crippen molar-refractivity contribution in [3.63, 3.8) is 0 Å². The van der Waals surface area contributed by atoms with Crippen molar-refractivity contribution in [2.45, 2.75) is 25.8 Å². The highest BCUT2D eigenvalue weighted by molar-refractivity contribution is 6.03. The Balaban J connectivity index is 1.48. The third kappa shape index (κ3) is 3.23. The topological polar surface area (TPSA) is 63.8 Å². The third-order valence-electron chi connectivity index (χ3n) is 6.24. The van der Waals surface area contributed by atoms with Gasteiger partial charge in [-0.05, 0) is 54.7 Å². The molecule has 3 aromatic carbocycles. The monoisotopic (exact) mass is 418 g/mol. The van der Waals surface area contributed by atoms with Crippen LogP contribution in [0.5, 0.6) is 0 Å². The lowest BCUT2D eigenvalue weighted by Gasteiger charge is -2.17. The molecule has 1 aliphatic rings. The lowest BCUT2D eigenvalue weighted by molar-refractivity contribution is 0.418. The van der Waals surface area contributed by atoms with Crippen LogP contribution in [0.15, 0.2) is 83.7 Å². The molecule has 32 heavy (non-hydrogen) atoms. The van der Waals surface area contributed by atoms with Gasteiger partial charge >= 0.3 is 0 Å². The van der Waals surface area contributed by atoms with Crippen LogP contribution in [0.1, 0.15) is 16.8 Å². The minimum absolute atomic E-state index is 0.389. The second kappa shape index (κ2) is 7.61. The van der Waals surface area contributed by atoms with Gasteiger partial charge < -0.3 is 9.84 Å². The fraction of sp³-hybridized carbons (Fsp3) is 0.148. The molecule has 5 nitrogen and oxygen atoms in total. The van der Waals surface area contributed by atoms with Crippen molar-refractivity contribution in [1.82, 2.24) is 15.1 Å². The summed E-state index contributed by atoms with van der Waals surface area (Å²) in [5.74, 6) is 0.556. The van der Waals surface area contributed by atoms with E-state index in [9.17, 15) is 0 Å². The van der Waals surface area contributed by atoms with E-state index in [1.54, 1.807) is 0 Å². The normalized spacial score (nSPS) is 13.4. The molecule has 5 heteroatoms. The molecular formula is C27H22N4O. The third-order valence-corrected chi connectivity index (χ3v) is 6.24. The summed E-state index contributed by atoms with van der Waals surface area (Å²) in [5, 5.41) is 8.95. The zero-order valence-corrected chi connectivity index (χ0v) is 17.7. The van der Waals surface area contributed by atoms with Crippen LogP contribution in [0.4, 0.5) is 5.69 Å². The average Bonchev–Trinajstić information content (AvgIpc) is 3.48. The molecule has 0 fully saturated rings. The number of aromatic nitrogens is 3. The fourth-order valence-electron chi connectivity index (χ4n) is 4.83. The number of anilines is 1. The number of pyridine rings is 1. The number of hydrogen-bond donors (Lipinski definition) is 1. The van der Waals surface area contributed by atoms with Gasteiger partial charge in [0.05, 0.1) is 11.1 Å². The lowest BCUT2D eigenvalue weighted by atomic mass is 9.93. The molecule has 0 saturated heterocycles. The van der Waals surface area contributed by atoms with Gasteiger partial charge in [0.1, 0.15) is 0 Å². The van der Waals surface area contributed by atoms with Gasteiger partial charge in [-0.15, -0.1) is 0 Å². The summed E-state index contributed by atoms with van der Waals surface area (Å²) in [6.07, 6.45) is 3.45. The molecule has 156 valence electrons. The molecule has 2 heterocycles. The van der Waals surface area contributed by atoms with Crippen LogP contribution in [0.3, 0.4) is 0 Å². The standard InChI is InChI=1S/C27H22N4O/c1-17-25(27-28-16-32-31-27)26(18-7-3-2-4-8-18)23-15-21(11-12-24(23)29-17)30-22-13-19-9-5-6-10-20(19)14-22/h2-12,15-16,22,30H,13-14H2,1H3. The smallest absolute Gasteiger partial charge is 0.214 e. The maximum absolute atomic E-state index is 5.07. The quantitative estimate of drug-likeness (QED) is 0.397. The number of nitrogens with zero attached hydrogens (tertiary/aromatic N) is 3. The van der Waals surface area contributed by atoms with Crippen molar-refractivity contribution >= 4 is 16.6 Å². The summed E-state index contributed by atoms with van der Waals surface area (Å²) >= 11 is 0. The van der Waals surface area contributed by atoms with Crippen molar-refractivity contribution in [1.29, 1.82) is 0 Å². The van der Waals surface area contributed by atoms with Crippen molar-refractivity contribution in [3.05, 3.63) is 96.0 Å². The van der Waals surface area contributed by atoms with Gasteiger partial charge in [0, 0.05) is 28.4 Å². The van der Waals surface area contributed by atoms with Crippen LogP contribution in [0.2, 0.25) is 0 Å². The Hall–Kier alpha value is -3.99. The molecule has 5 aromatic rings. The Morgan fingerprint density at radius 3 is 2.34 bits per heavy atom. The molecule has 0 radical (unpaired) electrons. The van der Waals surface area contributed by atoms with Gasteiger partial charge in [0.25, 0.3) is 0 Å². The Morgan fingerprint density at radius 1 is 0.875 bits per heavy atom. The summed E-state index contributed by atoms with van der Waals surface area (Å²) < 4.78 is 5.07. The summed E-state index contributed by atoms with van der Waals surface area (Å²) in [5.41, 5.74) is 8.89. The van der Waals surface area contributed by atoms with Crippen molar-refractivity contribution in [2.24, 2.45) is 0 Å². The largest absolute Gasteiger partial charge is 0.382 e. The predicted molar refractivity (Wildman–Crippen MR) is 126 cm³/mol. The van der Waals surface area contributed by atoms with Crippen molar-refractivity contribution in [2.75, 3.05) is 5.32 Å². The average molecular weight is 419 g/mol. The Morgan fingerprint density at radius 2 is 1.62 bits per heavy atom. The zero-order chi connectivity index (χ0) is 21.5. The Bertz CT molecular complexity index is 1390. The van der Waals surface area contributed by atoms with E-state index < -0.39 is 0 Å². The van der Waals surface area contributed by atoms with E-state index in [0.717, 1.165) is 51.8 Å². The van der Waals surface area contributed by atoms with Crippen LogP contribution in [-0.2, 0) is 12.8 Å². The fourth-order valence-corrected chi connectivity index (χ4v) is 4.83. The van der Waals surface area contributed by atoms with Crippen LogP contribution < -0.4 is 5.32 Å². The molecule has 0 amide bonds. The van der Waals surface area contributed by atoms with Gasteiger partial charge in [-0.25, -0.2) is 0 Å². The summed E-state index contributed by atoms with van der Waals surface area (Å²) in [4.78, 5) is 9.21. The molecular weight excluding hydrogens is 396 g/mol. The molecule has 0 unspecified atom stereocenters. The first-order valence-electron chi connectivity index (χ1n) is 10.9. The zero-order valence-electron chi connectivity index (χ0n) is 17.7. The van der Waals surface area contributed by atoms with Crippen LogP contribution in [-0.4, -0.2) is 21.2 Å². The van der Waals surface area contributed by atoms with Gasteiger partial charge in [-0.2, -0.15) is 4.98 Å². The van der Waals surface area contributed by atoms with Crippen molar-refractivity contribution in [3.8, 4) is 22.5 Å². The lowest BCUT2D eigenvalue weighted by Crippen LogP contribution is -2.19. The minimum Gasteiger partial charge on any atom is -0.382 e. The molecule has 0 bridgehead atoms. The number of aryl methyl sites for hydroxylation is 1. The van der Waals surface area contributed by atoms with E-state index in [-0.39, 0.29) is 0 Å². The second-order valence-corrected chi connectivity index (χ2v) is 8.32. The van der Waals surface area contributed by atoms with Gasteiger partial charge in [0.2, 0.25) is 12.2 Å². The van der Waals surface area contributed by atoms with E-state index in [0.29, 0.717) is 11.9 Å². The number of rotatable bonds is 4. The minimum atomic E-state index is 0.389. The Kier molecular flexibility index (Phi) is 4.46. The summed E-state index contributed by atoms with van der Waals surface area (Å²) in [7, 11) is 0. The molecule has 1 N–H and O–H groups in total. The van der Waals surface area contributed by atoms with E-state index in [1.165, 1.54) is 17.5 Å². The number of hydrogen-bond acceptors (Lipinski definition) is 5. The highest BCUT2D eigenvalue weighted by atomic mass is 16.5. The first-order valence-corrected chi connectivity index (χ1v) is 10.9. The van der Waals surface area contributed by atoms with Gasteiger partial charge in [-0.3, -0.25) is 4.98 Å². The van der Waals surface area contributed by atoms with E-state index in [1.807, 2.05) is 13.0 Å². The molecule has 0 atom stereocenters. The number of benzene rings is 3. The maximum Gasteiger partial charge on any atom is 0.214 e. The van der Waals surface area contributed by atoms with Crippen LogP contribution >= 0.6 is 0 Å². The SMILES string of the molecule is Cc1nc2ccc(NC3Cc4ccccc4C3)cc2c(-c2ccccc2)c1-c1ncon1. The second-order valence-electron chi connectivity index (χ2n) is 8.32. The molecule has 0 saturated carbocycles. The molecule has 1 aliphatic carbocycles. The first kappa shape index (κ1) is 18.8. The van der Waals surface area contributed by atoms with Crippen molar-refractivity contribution < 1.29 is 4.52 Å². The Labute approximate surface area is 186 Å². The highest BCUT2D eigenvalue weighted by Gasteiger charge is 2.22. The summed E-state index contributed by atoms with van der Waals surface area (Å²) in [6.45, 7) is 2.00. The van der Waals surface area contributed by atoms with E-state index in [4.69, 9.17) is 9.51 Å². The molecule has 2 aromatic heterocycles. The van der Waals surface area contributed by atoms with E-state index >= 15 is 0 Å². The van der Waals surface area contributed by atoms with Crippen LogP contribution in [0, 0.1) is 6.92 Å². The van der Waals surface area contributed by atoms with Crippen LogP contribution in [0.25, 0.3) is 33.4 Å². The molecule has 0 aliphatic heterocycles. The molecule has 6 rings (SSSR count). The first-order chi connectivity index (χ1) is 15.8. The van der Waals surface area contributed by atoms with E-state index in [2.05, 4.69) is 82.2 Å². The predicted octanol–water partition coefficient (Wildman–Crippen LogP) is 5.84. The number of nitrogens with one attached hydrogen (secondary N) is 1. The highest BCUT2D eigenvalue weighted by Crippen LogP contribution is 2.39.